The fraction of sp³-hybridized carbons (Fsp3) is 0. The maximum absolute atomic E-state index is 11.9. The molecule has 96 valence electrons. The van der Waals surface area contributed by atoms with E-state index in [0.29, 0.717) is 15.8 Å². The first kappa shape index (κ1) is 12.1. The molecule has 3 rings (SSSR count). The monoisotopic (exact) mass is 340 g/mol. The molecule has 19 heavy (non-hydrogen) atoms. The van der Waals surface area contributed by atoms with Crippen molar-refractivity contribution in [2.75, 3.05) is 0 Å². The molecule has 3 heterocycles. The van der Waals surface area contributed by atoms with Crippen LogP contribution >= 0.6 is 27.3 Å². The van der Waals surface area contributed by atoms with Gasteiger partial charge in [0.2, 0.25) is 0 Å². The molecule has 0 spiro atoms. The largest absolute Gasteiger partial charge is 0.354 e. The van der Waals surface area contributed by atoms with E-state index in [1.165, 1.54) is 11.3 Å². The Morgan fingerprint density at radius 1 is 1.53 bits per heavy atom. The lowest BCUT2D eigenvalue weighted by molar-refractivity contribution is -0.386. The summed E-state index contributed by atoms with van der Waals surface area (Å²) in [5.41, 5.74) is -0.318. The van der Waals surface area contributed by atoms with E-state index in [-0.39, 0.29) is 0 Å². The zero-order valence-electron chi connectivity index (χ0n) is 9.16. The van der Waals surface area contributed by atoms with Crippen LogP contribution in [0, 0.1) is 10.1 Å². The maximum Gasteiger partial charge on any atom is 0.354 e. The Morgan fingerprint density at radius 3 is 2.95 bits per heavy atom. The summed E-state index contributed by atoms with van der Waals surface area (Å²) in [6, 6.07) is 3.75. The first-order chi connectivity index (χ1) is 9.09. The molecule has 3 aromatic rings. The van der Waals surface area contributed by atoms with Crippen LogP contribution in [0.4, 0.5) is 5.69 Å². The predicted octanol–water partition coefficient (Wildman–Crippen LogP) is 2.42. The third-order valence-corrected chi connectivity index (χ3v) is 4.19. The molecule has 0 unspecified atom stereocenters. The lowest BCUT2D eigenvalue weighted by Gasteiger charge is -1.92. The average Bonchev–Trinajstić information content (AvgIpc) is 2.98. The van der Waals surface area contributed by atoms with Gasteiger partial charge in [0.05, 0.1) is 20.0 Å². The van der Waals surface area contributed by atoms with Crippen LogP contribution in [0.2, 0.25) is 0 Å². The van der Waals surface area contributed by atoms with Gasteiger partial charge in [-0.3, -0.25) is 20.0 Å². The Kier molecular flexibility index (Phi) is 2.72. The molecule has 3 aromatic heterocycles. The minimum atomic E-state index is -0.749. The summed E-state index contributed by atoms with van der Waals surface area (Å²) in [5.74, 6) is 0. The van der Waals surface area contributed by atoms with Crippen molar-refractivity contribution in [3.05, 3.63) is 48.7 Å². The highest BCUT2D eigenvalue weighted by atomic mass is 79.9. The molecule has 0 atom stereocenters. The second-order valence-electron chi connectivity index (χ2n) is 3.64. The van der Waals surface area contributed by atoms with Crippen molar-refractivity contribution >= 4 is 38.6 Å². The van der Waals surface area contributed by atoms with Crippen LogP contribution in [0.5, 0.6) is 0 Å². The van der Waals surface area contributed by atoms with Crippen molar-refractivity contribution in [2.24, 2.45) is 0 Å². The Bertz CT molecular complexity index is 836. The topological polar surface area (TPSA) is 93.3 Å². The van der Waals surface area contributed by atoms with Crippen LogP contribution in [0.25, 0.3) is 16.2 Å². The highest BCUT2D eigenvalue weighted by Crippen LogP contribution is 2.32. The van der Waals surface area contributed by atoms with Crippen LogP contribution in [0.15, 0.2) is 33.0 Å². The van der Waals surface area contributed by atoms with Gasteiger partial charge < -0.3 is 0 Å². The van der Waals surface area contributed by atoms with Crippen molar-refractivity contribution in [2.45, 2.75) is 0 Å². The van der Waals surface area contributed by atoms with Crippen LogP contribution in [0.1, 0.15) is 0 Å². The van der Waals surface area contributed by atoms with Gasteiger partial charge in [0.1, 0.15) is 6.20 Å². The summed E-state index contributed by atoms with van der Waals surface area (Å²) in [4.78, 5) is 26.7. The van der Waals surface area contributed by atoms with E-state index < -0.39 is 16.2 Å². The SMILES string of the molecule is O=c1c([N+](=O)[O-])cnc2c(Br)c(-c3cccs3)[nH]n12. The van der Waals surface area contributed by atoms with E-state index in [2.05, 4.69) is 26.0 Å². The van der Waals surface area contributed by atoms with Crippen LogP contribution < -0.4 is 5.56 Å². The number of nitro groups is 1. The predicted molar refractivity (Wildman–Crippen MR) is 73.5 cm³/mol. The standard InChI is InChI=1S/C10H5BrN4O3S/c11-7-8(6-2-1-3-19-6)13-14-9(7)12-4-5(10(14)16)15(17)18/h1-4,13H. The number of aromatic amines is 1. The van der Waals surface area contributed by atoms with E-state index in [0.717, 1.165) is 15.6 Å². The molecule has 0 saturated carbocycles. The molecule has 0 aliphatic heterocycles. The normalized spacial score (nSPS) is 11.0. The second-order valence-corrected chi connectivity index (χ2v) is 5.38. The molecule has 0 aromatic carbocycles. The van der Waals surface area contributed by atoms with E-state index in [1.54, 1.807) is 0 Å². The lowest BCUT2D eigenvalue weighted by Crippen LogP contribution is -2.18. The Balaban J connectivity index is 2.36. The summed E-state index contributed by atoms with van der Waals surface area (Å²) in [7, 11) is 0. The molecule has 0 bridgehead atoms. The summed E-state index contributed by atoms with van der Waals surface area (Å²) in [6.45, 7) is 0. The highest BCUT2D eigenvalue weighted by molar-refractivity contribution is 9.10. The number of thiophene rings is 1. The Morgan fingerprint density at radius 2 is 2.32 bits per heavy atom. The molecule has 7 nitrogen and oxygen atoms in total. The number of hydrogen-bond donors (Lipinski definition) is 1. The number of rotatable bonds is 2. The second kappa shape index (κ2) is 4.28. The number of H-pyrrole nitrogens is 1. The highest BCUT2D eigenvalue weighted by Gasteiger charge is 2.20. The first-order valence-corrected chi connectivity index (χ1v) is 6.74. The molecular weight excluding hydrogens is 336 g/mol. The number of aromatic nitrogens is 3. The minimum Gasteiger partial charge on any atom is -0.287 e. The molecule has 1 N–H and O–H groups in total. The number of fused-ring (bicyclic) bond motifs is 1. The van der Waals surface area contributed by atoms with Gasteiger partial charge in [0.15, 0.2) is 5.65 Å². The molecule has 9 heteroatoms. The zero-order valence-corrected chi connectivity index (χ0v) is 11.6. The van der Waals surface area contributed by atoms with Gasteiger partial charge in [0.25, 0.3) is 0 Å². The maximum atomic E-state index is 11.9. The fourth-order valence-corrected chi connectivity index (χ4v) is 3.13. The third-order valence-electron chi connectivity index (χ3n) is 2.55. The number of hydrogen-bond acceptors (Lipinski definition) is 5. The van der Waals surface area contributed by atoms with Crippen LogP contribution in [0.3, 0.4) is 0 Å². The summed E-state index contributed by atoms with van der Waals surface area (Å²) < 4.78 is 1.67. The number of nitrogens with zero attached hydrogens (tertiary/aromatic N) is 3. The number of nitrogens with one attached hydrogen (secondary N) is 1. The smallest absolute Gasteiger partial charge is 0.287 e. The van der Waals surface area contributed by atoms with Gasteiger partial charge in [0, 0.05) is 0 Å². The van der Waals surface area contributed by atoms with Crippen LogP contribution in [-0.4, -0.2) is 19.5 Å². The molecule has 0 radical (unpaired) electrons. The van der Waals surface area contributed by atoms with Crippen LogP contribution in [-0.2, 0) is 0 Å². The quantitative estimate of drug-likeness (QED) is 0.572. The Labute approximate surface area is 117 Å². The van der Waals surface area contributed by atoms with Gasteiger partial charge in [-0.2, -0.15) is 4.52 Å². The Hall–Kier alpha value is -2.00. The molecular formula is C10H5BrN4O3S. The van der Waals surface area contributed by atoms with Crippen molar-refractivity contribution in [1.29, 1.82) is 0 Å². The van der Waals surface area contributed by atoms with Gasteiger partial charge in [-0.25, -0.2) is 4.98 Å². The van der Waals surface area contributed by atoms with E-state index in [9.17, 15) is 14.9 Å². The van der Waals surface area contributed by atoms with E-state index in [1.807, 2.05) is 17.5 Å². The van der Waals surface area contributed by atoms with Gasteiger partial charge in [-0.1, -0.05) is 6.07 Å². The minimum absolute atomic E-state index is 0.319. The molecule has 0 aliphatic rings. The average molecular weight is 341 g/mol. The molecule has 0 fully saturated rings. The van der Waals surface area contributed by atoms with Crippen molar-refractivity contribution in [1.82, 2.24) is 14.6 Å². The lowest BCUT2D eigenvalue weighted by atomic mass is 10.3. The van der Waals surface area contributed by atoms with E-state index in [4.69, 9.17) is 0 Å². The molecule has 0 amide bonds. The summed E-state index contributed by atoms with van der Waals surface area (Å²) in [5, 5.41) is 15.4. The first-order valence-electron chi connectivity index (χ1n) is 5.07. The van der Waals surface area contributed by atoms with Crippen molar-refractivity contribution < 1.29 is 4.92 Å². The van der Waals surface area contributed by atoms with Gasteiger partial charge >= 0.3 is 11.2 Å². The van der Waals surface area contributed by atoms with Crippen molar-refractivity contribution in [3.8, 4) is 10.6 Å². The van der Waals surface area contributed by atoms with Gasteiger partial charge in [-0.05, 0) is 27.4 Å². The van der Waals surface area contributed by atoms with Crippen molar-refractivity contribution in [3.63, 3.8) is 0 Å². The summed E-state index contributed by atoms with van der Waals surface area (Å²) in [6.07, 6.45) is 0.967. The zero-order chi connectivity index (χ0) is 13.6. The molecule has 0 saturated heterocycles. The summed E-state index contributed by atoms with van der Waals surface area (Å²) >= 11 is 4.84. The van der Waals surface area contributed by atoms with E-state index >= 15 is 0 Å². The fourth-order valence-electron chi connectivity index (χ4n) is 1.69. The molecule has 0 aliphatic carbocycles. The van der Waals surface area contributed by atoms with Gasteiger partial charge in [-0.15, -0.1) is 11.3 Å². The third kappa shape index (κ3) is 1.78. The number of halogens is 1.